The fraction of sp³-hybridized carbons (Fsp3) is 0.269. The molecule has 0 fully saturated rings. The first kappa shape index (κ1) is 18.9. The third kappa shape index (κ3) is 3.37. The van der Waals surface area contributed by atoms with Crippen molar-refractivity contribution in [3.05, 3.63) is 76.6 Å². The molecule has 2 heterocycles. The van der Waals surface area contributed by atoms with Crippen LogP contribution in [0, 0.1) is 0 Å². The lowest BCUT2D eigenvalue weighted by atomic mass is 9.92. The third-order valence-electron chi connectivity index (χ3n) is 6.27. The molecule has 4 heteroatoms. The number of fused-ring (bicyclic) bond motifs is 2. The summed E-state index contributed by atoms with van der Waals surface area (Å²) in [5.41, 5.74) is 15.9. The molecule has 30 heavy (non-hydrogen) atoms. The molecule has 0 bridgehead atoms. The zero-order valence-electron chi connectivity index (χ0n) is 17.1. The number of amides is 1. The second-order valence-corrected chi connectivity index (χ2v) is 8.21. The number of anilines is 1. The van der Waals surface area contributed by atoms with Gasteiger partial charge in [-0.25, -0.2) is 0 Å². The van der Waals surface area contributed by atoms with Gasteiger partial charge in [0.1, 0.15) is 0 Å². The van der Waals surface area contributed by atoms with Crippen LogP contribution in [0.3, 0.4) is 0 Å². The summed E-state index contributed by atoms with van der Waals surface area (Å²) in [6, 6.07) is 16.5. The van der Waals surface area contributed by atoms with E-state index < -0.39 is 0 Å². The van der Waals surface area contributed by atoms with Crippen LogP contribution in [-0.2, 0) is 24.1 Å². The van der Waals surface area contributed by atoms with Crippen molar-refractivity contribution in [2.75, 3.05) is 11.9 Å². The number of aromatic nitrogens is 1. The van der Waals surface area contributed by atoms with E-state index in [1.165, 1.54) is 29.7 Å². The molecule has 1 aliphatic heterocycles. The van der Waals surface area contributed by atoms with Crippen molar-refractivity contribution < 1.29 is 4.79 Å². The molecule has 4 nitrogen and oxygen atoms in total. The van der Waals surface area contributed by atoms with Gasteiger partial charge in [0.15, 0.2) is 0 Å². The quantitative estimate of drug-likeness (QED) is 0.534. The van der Waals surface area contributed by atoms with Crippen molar-refractivity contribution in [1.29, 1.82) is 0 Å². The standard InChI is InChI=1S/C26H27N3O/c27-14-6-10-20-19-9-4-5-11-23(19)28-25(20)16-22-21-13-12-18(15-24(21)29-26(22)30)17-7-2-1-3-8-17/h1-3,7-8,12-13,15-16,28H,4-6,9-11,14,27H2,(H,29,30). The van der Waals surface area contributed by atoms with E-state index in [-0.39, 0.29) is 5.91 Å². The Bertz CT molecular complexity index is 1120. The number of hydrogen-bond acceptors (Lipinski definition) is 2. The second kappa shape index (κ2) is 7.96. The summed E-state index contributed by atoms with van der Waals surface area (Å²) in [6.07, 6.45) is 8.66. The molecule has 0 unspecified atom stereocenters. The van der Waals surface area contributed by atoms with Crippen LogP contribution in [0.15, 0.2) is 48.5 Å². The summed E-state index contributed by atoms with van der Waals surface area (Å²) < 4.78 is 0. The lowest BCUT2D eigenvalue weighted by Gasteiger charge is -2.12. The molecule has 5 rings (SSSR count). The minimum atomic E-state index is -0.0347. The highest BCUT2D eigenvalue weighted by atomic mass is 16.2. The molecule has 0 atom stereocenters. The number of hydrogen-bond donors (Lipinski definition) is 3. The van der Waals surface area contributed by atoms with Crippen molar-refractivity contribution in [2.45, 2.75) is 38.5 Å². The predicted molar refractivity (Wildman–Crippen MR) is 123 cm³/mol. The summed E-state index contributed by atoms with van der Waals surface area (Å²) in [7, 11) is 0. The maximum atomic E-state index is 12.8. The summed E-state index contributed by atoms with van der Waals surface area (Å²) in [5.74, 6) is -0.0347. The van der Waals surface area contributed by atoms with Gasteiger partial charge in [-0.2, -0.15) is 0 Å². The van der Waals surface area contributed by atoms with E-state index in [1.54, 1.807) is 0 Å². The monoisotopic (exact) mass is 397 g/mol. The molecular weight excluding hydrogens is 370 g/mol. The molecule has 0 radical (unpaired) electrons. The third-order valence-corrected chi connectivity index (χ3v) is 6.27. The number of nitrogens with one attached hydrogen (secondary N) is 2. The number of nitrogens with two attached hydrogens (primary N) is 1. The highest BCUT2D eigenvalue weighted by molar-refractivity contribution is 6.35. The summed E-state index contributed by atoms with van der Waals surface area (Å²) >= 11 is 0. The second-order valence-electron chi connectivity index (χ2n) is 8.21. The lowest BCUT2D eigenvalue weighted by Crippen LogP contribution is -2.05. The normalized spacial score (nSPS) is 16.4. The van der Waals surface area contributed by atoms with Crippen LogP contribution in [0.25, 0.3) is 22.8 Å². The van der Waals surface area contributed by atoms with Crippen LogP contribution < -0.4 is 11.1 Å². The van der Waals surface area contributed by atoms with Gasteiger partial charge in [-0.05, 0) is 79.5 Å². The van der Waals surface area contributed by atoms with Crippen LogP contribution in [0.5, 0.6) is 0 Å². The summed E-state index contributed by atoms with van der Waals surface area (Å²) in [6.45, 7) is 0.682. The molecule has 4 N–H and O–H groups in total. The molecule has 152 valence electrons. The Kier molecular flexibility index (Phi) is 5.01. The zero-order valence-corrected chi connectivity index (χ0v) is 17.1. The van der Waals surface area contributed by atoms with Gasteiger partial charge in [-0.15, -0.1) is 0 Å². The van der Waals surface area contributed by atoms with Crippen LogP contribution in [0.2, 0.25) is 0 Å². The van der Waals surface area contributed by atoms with Gasteiger partial charge in [0.05, 0.1) is 5.57 Å². The summed E-state index contributed by atoms with van der Waals surface area (Å²) in [4.78, 5) is 16.5. The Morgan fingerprint density at radius 2 is 1.83 bits per heavy atom. The van der Waals surface area contributed by atoms with Gasteiger partial charge >= 0.3 is 0 Å². The molecule has 1 aromatic heterocycles. The maximum Gasteiger partial charge on any atom is 0.256 e. The van der Waals surface area contributed by atoms with Gasteiger partial charge in [-0.3, -0.25) is 4.79 Å². The number of aromatic amines is 1. The molecule has 0 saturated carbocycles. The molecule has 0 spiro atoms. The average molecular weight is 398 g/mol. The van der Waals surface area contributed by atoms with Crippen molar-refractivity contribution in [2.24, 2.45) is 5.73 Å². The van der Waals surface area contributed by atoms with E-state index >= 15 is 0 Å². The van der Waals surface area contributed by atoms with Crippen LogP contribution in [0.1, 0.15) is 47.3 Å². The number of benzene rings is 2. The number of carbonyl (C=O) groups is 1. The molecule has 2 aliphatic rings. The van der Waals surface area contributed by atoms with E-state index in [9.17, 15) is 4.79 Å². The largest absolute Gasteiger partial charge is 0.358 e. The van der Waals surface area contributed by atoms with Gasteiger partial charge in [0.2, 0.25) is 0 Å². The first-order valence-corrected chi connectivity index (χ1v) is 10.9. The highest BCUT2D eigenvalue weighted by Crippen LogP contribution is 2.37. The van der Waals surface area contributed by atoms with Crippen molar-refractivity contribution in [3.63, 3.8) is 0 Å². The maximum absolute atomic E-state index is 12.8. The van der Waals surface area contributed by atoms with Crippen molar-refractivity contribution in [1.82, 2.24) is 4.98 Å². The molecule has 1 aliphatic carbocycles. The van der Waals surface area contributed by atoms with E-state index in [0.717, 1.165) is 59.3 Å². The number of aryl methyl sites for hydroxylation is 1. The Balaban J connectivity index is 1.54. The Morgan fingerprint density at radius 1 is 1.00 bits per heavy atom. The predicted octanol–water partition coefficient (Wildman–Crippen LogP) is 4.94. The number of rotatable bonds is 5. The van der Waals surface area contributed by atoms with Crippen LogP contribution in [0.4, 0.5) is 5.69 Å². The Morgan fingerprint density at radius 3 is 2.67 bits per heavy atom. The Labute approximate surface area is 177 Å². The van der Waals surface area contributed by atoms with E-state index in [0.29, 0.717) is 6.54 Å². The molecule has 3 aromatic rings. The molecule has 1 amide bonds. The highest BCUT2D eigenvalue weighted by Gasteiger charge is 2.26. The van der Waals surface area contributed by atoms with Crippen molar-refractivity contribution in [3.8, 4) is 11.1 Å². The molecule has 2 aromatic carbocycles. The van der Waals surface area contributed by atoms with Crippen LogP contribution in [-0.4, -0.2) is 17.4 Å². The minimum Gasteiger partial charge on any atom is -0.358 e. The van der Waals surface area contributed by atoms with Gasteiger partial charge in [-0.1, -0.05) is 42.5 Å². The smallest absolute Gasteiger partial charge is 0.256 e. The zero-order chi connectivity index (χ0) is 20.5. The molecule has 0 saturated heterocycles. The molecular formula is C26H27N3O. The van der Waals surface area contributed by atoms with Crippen LogP contribution >= 0.6 is 0 Å². The van der Waals surface area contributed by atoms with Crippen molar-refractivity contribution >= 4 is 23.2 Å². The summed E-state index contributed by atoms with van der Waals surface area (Å²) in [5, 5.41) is 3.06. The lowest BCUT2D eigenvalue weighted by molar-refractivity contribution is -0.110. The average Bonchev–Trinajstić information content (AvgIpc) is 3.29. The van der Waals surface area contributed by atoms with E-state index in [1.807, 2.05) is 24.3 Å². The number of carbonyl (C=O) groups excluding carboxylic acids is 1. The Hall–Kier alpha value is -3.11. The van der Waals surface area contributed by atoms with Gasteiger partial charge in [0, 0.05) is 22.6 Å². The SMILES string of the molecule is NCCCc1c(C=C2C(=O)Nc3cc(-c4ccccc4)ccc32)[nH]c2c1CCCC2. The minimum absolute atomic E-state index is 0.0347. The first-order chi connectivity index (χ1) is 14.7. The fourth-order valence-electron chi connectivity index (χ4n) is 4.76. The van der Waals surface area contributed by atoms with E-state index in [2.05, 4.69) is 40.6 Å². The topological polar surface area (TPSA) is 70.9 Å². The first-order valence-electron chi connectivity index (χ1n) is 10.9. The van der Waals surface area contributed by atoms with E-state index in [4.69, 9.17) is 5.73 Å². The van der Waals surface area contributed by atoms with Gasteiger partial charge in [0.25, 0.3) is 5.91 Å². The number of H-pyrrole nitrogens is 1. The fourth-order valence-corrected chi connectivity index (χ4v) is 4.76. The van der Waals surface area contributed by atoms with Gasteiger partial charge < -0.3 is 16.0 Å².